The molecule has 19 heavy (non-hydrogen) atoms. The highest BCUT2D eigenvalue weighted by atomic mass is 16.5. The van der Waals surface area contributed by atoms with Gasteiger partial charge in [0.2, 0.25) is 0 Å². The average molecular weight is 267 g/mol. The van der Waals surface area contributed by atoms with Crippen LogP contribution in [-0.2, 0) is 20.7 Å². The molecule has 6 heteroatoms. The van der Waals surface area contributed by atoms with E-state index in [0.29, 0.717) is 31.9 Å². The maximum Gasteiger partial charge on any atom is 0.172 e. The summed E-state index contributed by atoms with van der Waals surface area (Å²) < 4.78 is 12.6. The molecule has 106 valence electrons. The van der Waals surface area contributed by atoms with Crippen molar-refractivity contribution in [3.05, 3.63) is 12.2 Å². The van der Waals surface area contributed by atoms with Crippen LogP contribution in [0.15, 0.2) is 6.33 Å². The Hall–Kier alpha value is -1.27. The zero-order valence-corrected chi connectivity index (χ0v) is 11.8. The molecular formula is C13H21N3O3. The summed E-state index contributed by atoms with van der Waals surface area (Å²) in [7, 11) is 1.59. The predicted octanol–water partition coefficient (Wildman–Crippen LogP) is 1.17. The maximum atomic E-state index is 12.5. The van der Waals surface area contributed by atoms with Crippen molar-refractivity contribution in [1.29, 1.82) is 0 Å². The van der Waals surface area contributed by atoms with Gasteiger partial charge in [0, 0.05) is 39.2 Å². The highest BCUT2D eigenvalue weighted by molar-refractivity contribution is 5.88. The molecule has 0 atom stereocenters. The first-order valence-electron chi connectivity index (χ1n) is 6.63. The SMILES string of the molecule is COC1(C(=O)Cc2ncnn2C(C)C)CCOCC1. The Labute approximate surface area is 113 Å². The number of ketones is 1. The Morgan fingerprint density at radius 2 is 2.21 bits per heavy atom. The lowest BCUT2D eigenvalue weighted by Crippen LogP contribution is -2.46. The van der Waals surface area contributed by atoms with Gasteiger partial charge in [-0.1, -0.05) is 0 Å². The van der Waals surface area contributed by atoms with Gasteiger partial charge in [0.15, 0.2) is 5.78 Å². The number of Topliss-reactive ketones (excluding diaryl/α,β-unsaturated/α-hetero) is 1. The molecule has 0 aromatic carbocycles. The van der Waals surface area contributed by atoms with Gasteiger partial charge in [-0.2, -0.15) is 5.10 Å². The van der Waals surface area contributed by atoms with E-state index in [0.717, 1.165) is 0 Å². The lowest BCUT2D eigenvalue weighted by atomic mass is 9.87. The van der Waals surface area contributed by atoms with Crippen LogP contribution in [0.3, 0.4) is 0 Å². The second-order valence-corrected chi connectivity index (χ2v) is 5.13. The molecular weight excluding hydrogens is 246 g/mol. The molecule has 1 saturated heterocycles. The van der Waals surface area contributed by atoms with Gasteiger partial charge >= 0.3 is 0 Å². The number of carbonyl (C=O) groups is 1. The fourth-order valence-corrected chi connectivity index (χ4v) is 2.43. The Kier molecular flexibility index (Phi) is 4.31. The van der Waals surface area contributed by atoms with E-state index in [1.807, 2.05) is 13.8 Å². The molecule has 1 aliphatic rings. The molecule has 0 saturated carbocycles. The maximum absolute atomic E-state index is 12.5. The summed E-state index contributed by atoms with van der Waals surface area (Å²) in [6, 6.07) is 0.193. The van der Waals surface area contributed by atoms with Gasteiger partial charge < -0.3 is 9.47 Å². The largest absolute Gasteiger partial charge is 0.381 e. The normalized spacial score (nSPS) is 18.7. The summed E-state index contributed by atoms with van der Waals surface area (Å²) in [4.78, 5) is 16.7. The van der Waals surface area contributed by atoms with E-state index in [9.17, 15) is 4.79 Å². The highest BCUT2D eigenvalue weighted by Gasteiger charge is 2.40. The van der Waals surface area contributed by atoms with Crippen LogP contribution in [-0.4, -0.2) is 46.5 Å². The smallest absolute Gasteiger partial charge is 0.172 e. The van der Waals surface area contributed by atoms with Gasteiger partial charge in [0.25, 0.3) is 0 Å². The Morgan fingerprint density at radius 1 is 1.53 bits per heavy atom. The van der Waals surface area contributed by atoms with Crippen molar-refractivity contribution < 1.29 is 14.3 Å². The van der Waals surface area contributed by atoms with Crippen LogP contribution >= 0.6 is 0 Å². The van der Waals surface area contributed by atoms with Crippen molar-refractivity contribution in [2.75, 3.05) is 20.3 Å². The molecule has 0 amide bonds. The van der Waals surface area contributed by atoms with E-state index < -0.39 is 5.60 Å². The summed E-state index contributed by atoms with van der Waals surface area (Å²) in [5.41, 5.74) is -0.716. The standard InChI is InChI=1S/C13H21N3O3/c1-10(2)16-12(14-9-15-16)8-11(17)13(18-3)4-6-19-7-5-13/h9-10H,4-8H2,1-3H3. The highest BCUT2D eigenvalue weighted by Crippen LogP contribution is 2.27. The van der Waals surface area contributed by atoms with Crippen LogP contribution < -0.4 is 0 Å². The van der Waals surface area contributed by atoms with E-state index in [2.05, 4.69) is 10.1 Å². The van der Waals surface area contributed by atoms with Gasteiger partial charge in [0.1, 0.15) is 17.8 Å². The van der Waals surface area contributed by atoms with E-state index in [4.69, 9.17) is 9.47 Å². The minimum atomic E-state index is -0.716. The molecule has 1 fully saturated rings. The van der Waals surface area contributed by atoms with E-state index >= 15 is 0 Å². The molecule has 1 aromatic heterocycles. The van der Waals surface area contributed by atoms with E-state index in [1.54, 1.807) is 11.8 Å². The number of carbonyl (C=O) groups excluding carboxylic acids is 1. The predicted molar refractivity (Wildman–Crippen MR) is 68.9 cm³/mol. The lowest BCUT2D eigenvalue weighted by Gasteiger charge is -2.34. The monoisotopic (exact) mass is 267 g/mol. The third-order valence-corrected chi connectivity index (χ3v) is 3.65. The number of rotatable bonds is 5. The first-order chi connectivity index (χ1) is 9.09. The number of hydrogen-bond donors (Lipinski definition) is 0. The van der Waals surface area contributed by atoms with Gasteiger partial charge in [-0.25, -0.2) is 9.67 Å². The number of aromatic nitrogens is 3. The fraction of sp³-hybridized carbons (Fsp3) is 0.769. The number of methoxy groups -OCH3 is 1. The molecule has 0 spiro atoms. The second kappa shape index (κ2) is 5.79. The molecule has 1 aliphatic heterocycles. The summed E-state index contributed by atoms with van der Waals surface area (Å²) >= 11 is 0. The summed E-state index contributed by atoms with van der Waals surface area (Å²) in [5, 5.41) is 4.15. The minimum Gasteiger partial charge on any atom is -0.381 e. The summed E-state index contributed by atoms with van der Waals surface area (Å²) in [5.74, 6) is 0.760. The van der Waals surface area contributed by atoms with Crippen LogP contribution in [0.25, 0.3) is 0 Å². The molecule has 0 bridgehead atoms. The van der Waals surface area contributed by atoms with Crippen molar-refractivity contribution in [2.24, 2.45) is 0 Å². The van der Waals surface area contributed by atoms with Crippen molar-refractivity contribution in [3.8, 4) is 0 Å². The molecule has 0 aliphatic carbocycles. The van der Waals surface area contributed by atoms with E-state index in [1.165, 1.54) is 6.33 Å². The Morgan fingerprint density at radius 3 is 2.79 bits per heavy atom. The average Bonchev–Trinajstić information content (AvgIpc) is 2.87. The Balaban J connectivity index is 2.13. The number of hydrogen-bond acceptors (Lipinski definition) is 5. The third-order valence-electron chi connectivity index (χ3n) is 3.65. The molecule has 2 heterocycles. The number of nitrogens with zero attached hydrogens (tertiary/aromatic N) is 3. The quantitative estimate of drug-likeness (QED) is 0.801. The Bertz CT molecular complexity index is 436. The zero-order chi connectivity index (χ0) is 13.9. The molecule has 2 rings (SSSR count). The molecule has 0 radical (unpaired) electrons. The fourth-order valence-electron chi connectivity index (χ4n) is 2.43. The summed E-state index contributed by atoms with van der Waals surface area (Å²) in [6.07, 6.45) is 2.97. The van der Waals surface area contributed by atoms with Gasteiger partial charge in [-0.05, 0) is 13.8 Å². The minimum absolute atomic E-state index is 0.0631. The van der Waals surface area contributed by atoms with Crippen molar-refractivity contribution in [3.63, 3.8) is 0 Å². The van der Waals surface area contributed by atoms with Crippen LogP contribution in [0, 0.1) is 0 Å². The van der Waals surface area contributed by atoms with Crippen molar-refractivity contribution in [2.45, 2.75) is 44.8 Å². The lowest BCUT2D eigenvalue weighted by molar-refractivity contribution is -0.152. The molecule has 0 unspecified atom stereocenters. The zero-order valence-electron chi connectivity index (χ0n) is 11.8. The van der Waals surface area contributed by atoms with E-state index in [-0.39, 0.29) is 18.2 Å². The van der Waals surface area contributed by atoms with Gasteiger partial charge in [0.05, 0.1) is 6.42 Å². The third kappa shape index (κ3) is 2.84. The molecule has 1 aromatic rings. The molecule has 6 nitrogen and oxygen atoms in total. The number of ether oxygens (including phenoxy) is 2. The van der Waals surface area contributed by atoms with Crippen LogP contribution in [0.2, 0.25) is 0 Å². The first kappa shape index (κ1) is 14.1. The van der Waals surface area contributed by atoms with Gasteiger partial charge in [-0.15, -0.1) is 0 Å². The van der Waals surface area contributed by atoms with Crippen LogP contribution in [0.1, 0.15) is 38.6 Å². The summed E-state index contributed by atoms with van der Waals surface area (Å²) in [6.45, 7) is 5.17. The van der Waals surface area contributed by atoms with Crippen LogP contribution in [0.5, 0.6) is 0 Å². The first-order valence-corrected chi connectivity index (χ1v) is 6.63. The van der Waals surface area contributed by atoms with Gasteiger partial charge in [-0.3, -0.25) is 4.79 Å². The van der Waals surface area contributed by atoms with Crippen LogP contribution in [0.4, 0.5) is 0 Å². The van der Waals surface area contributed by atoms with Crippen molar-refractivity contribution >= 4 is 5.78 Å². The van der Waals surface area contributed by atoms with Crippen molar-refractivity contribution in [1.82, 2.24) is 14.8 Å². The second-order valence-electron chi connectivity index (χ2n) is 5.13. The topological polar surface area (TPSA) is 66.2 Å². The molecule has 0 N–H and O–H groups in total.